The van der Waals surface area contributed by atoms with Crippen molar-refractivity contribution in [2.45, 2.75) is 0 Å². The quantitative estimate of drug-likeness (QED) is 0.162. The number of benzene rings is 9. The van der Waals surface area contributed by atoms with Crippen molar-refractivity contribution in [1.29, 1.82) is 0 Å². The van der Waals surface area contributed by atoms with Crippen molar-refractivity contribution in [3.8, 4) is 39.1 Å². The number of fused-ring (bicyclic) bond motifs is 4. The highest BCUT2D eigenvalue weighted by molar-refractivity contribution is 6.10. The molecule has 0 amide bonds. The number of aromatic nitrogens is 1. The summed E-state index contributed by atoms with van der Waals surface area (Å²) in [5.41, 5.74) is 14.2. The van der Waals surface area contributed by atoms with Gasteiger partial charge in [0.15, 0.2) is 0 Å². The molecule has 1 heterocycles. The molecule has 0 aliphatic heterocycles. The van der Waals surface area contributed by atoms with Crippen molar-refractivity contribution in [3.63, 3.8) is 0 Å². The molecule has 10 rings (SSSR count). The van der Waals surface area contributed by atoms with Gasteiger partial charge >= 0.3 is 0 Å². The summed E-state index contributed by atoms with van der Waals surface area (Å²) in [5, 5.41) is 4.96. The molecule has 0 spiro atoms. The van der Waals surface area contributed by atoms with Gasteiger partial charge in [0.05, 0.1) is 11.0 Å². The van der Waals surface area contributed by atoms with Gasteiger partial charge in [-0.3, -0.25) is 0 Å². The first-order valence-corrected chi connectivity index (χ1v) is 18.5. The van der Waals surface area contributed by atoms with Gasteiger partial charge in [0, 0.05) is 33.5 Å². The number of hydrogen-bond acceptors (Lipinski definition) is 1. The summed E-state index contributed by atoms with van der Waals surface area (Å²) in [6, 6.07) is 78.8. The minimum Gasteiger partial charge on any atom is -0.310 e. The lowest BCUT2D eigenvalue weighted by Crippen LogP contribution is -2.09. The summed E-state index contributed by atoms with van der Waals surface area (Å²) >= 11 is 0. The lowest BCUT2D eigenvalue weighted by atomic mass is 10.00. The monoisotopic (exact) mass is 688 g/mol. The molecule has 0 N–H and O–H groups in total. The van der Waals surface area contributed by atoms with Gasteiger partial charge in [0.25, 0.3) is 0 Å². The first-order chi connectivity index (χ1) is 26.8. The van der Waals surface area contributed by atoms with Gasteiger partial charge in [-0.1, -0.05) is 152 Å². The summed E-state index contributed by atoms with van der Waals surface area (Å²) in [4.78, 5) is 2.36. The van der Waals surface area contributed by atoms with Gasteiger partial charge in [0.1, 0.15) is 0 Å². The zero-order valence-corrected chi connectivity index (χ0v) is 29.7. The average molecular weight is 689 g/mol. The molecule has 1 aromatic heterocycles. The van der Waals surface area contributed by atoms with Gasteiger partial charge < -0.3 is 9.47 Å². The Hall–Kier alpha value is -7.16. The third-order valence-electron chi connectivity index (χ3n) is 10.6. The molecule has 9 aromatic carbocycles. The summed E-state index contributed by atoms with van der Waals surface area (Å²) in [7, 11) is 0. The summed E-state index contributed by atoms with van der Waals surface area (Å²) in [6.07, 6.45) is 0. The minimum atomic E-state index is 1.11. The van der Waals surface area contributed by atoms with Gasteiger partial charge in [-0.05, 0) is 111 Å². The van der Waals surface area contributed by atoms with E-state index >= 15 is 0 Å². The van der Waals surface area contributed by atoms with Crippen LogP contribution in [-0.4, -0.2) is 4.57 Å². The van der Waals surface area contributed by atoms with E-state index in [0.717, 1.165) is 17.1 Å². The van der Waals surface area contributed by atoms with Crippen LogP contribution in [0.3, 0.4) is 0 Å². The first kappa shape index (κ1) is 31.6. The highest BCUT2D eigenvalue weighted by Gasteiger charge is 2.16. The molecule has 54 heavy (non-hydrogen) atoms. The topological polar surface area (TPSA) is 8.17 Å². The van der Waals surface area contributed by atoms with Crippen LogP contribution < -0.4 is 4.90 Å². The maximum absolute atomic E-state index is 2.37. The van der Waals surface area contributed by atoms with Gasteiger partial charge in [0.2, 0.25) is 0 Å². The maximum Gasteiger partial charge on any atom is 0.0541 e. The predicted octanol–water partition coefficient (Wildman–Crippen LogP) is 14.4. The average Bonchev–Trinajstić information content (AvgIpc) is 3.59. The molecular weight excluding hydrogens is 653 g/mol. The molecular formula is C52H36N2. The zero-order chi connectivity index (χ0) is 35.8. The molecule has 0 radical (unpaired) electrons. The van der Waals surface area contributed by atoms with Gasteiger partial charge in [-0.2, -0.15) is 0 Å². The van der Waals surface area contributed by atoms with E-state index < -0.39 is 0 Å². The number of hydrogen-bond donors (Lipinski definition) is 0. The molecule has 0 aliphatic carbocycles. The molecule has 2 nitrogen and oxygen atoms in total. The fourth-order valence-corrected chi connectivity index (χ4v) is 7.86. The van der Waals surface area contributed by atoms with E-state index in [4.69, 9.17) is 0 Å². The van der Waals surface area contributed by atoms with Crippen LogP contribution in [0.15, 0.2) is 218 Å². The highest BCUT2D eigenvalue weighted by Crippen LogP contribution is 2.39. The van der Waals surface area contributed by atoms with E-state index in [-0.39, 0.29) is 0 Å². The predicted molar refractivity (Wildman–Crippen MR) is 229 cm³/mol. The van der Waals surface area contributed by atoms with E-state index in [1.165, 1.54) is 71.6 Å². The second-order valence-corrected chi connectivity index (χ2v) is 13.8. The number of nitrogens with zero attached hydrogens (tertiary/aromatic N) is 2. The molecule has 0 saturated carbocycles. The molecule has 254 valence electrons. The summed E-state index contributed by atoms with van der Waals surface area (Å²) in [5.74, 6) is 0. The Morgan fingerprint density at radius 3 is 1.41 bits per heavy atom. The Balaban J connectivity index is 1.01. The Kier molecular flexibility index (Phi) is 7.85. The summed E-state index contributed by atoms with van der Waals surface area (Å²) < 4.78 is 2.37. The van der Waals surface area contributed by atoms with Crippen LogP contribution in [0.2, 0.25) is 0 Å². The van der Waals surface area contributed by atoms with Crippen LogP contribution in [0.5, 0.6) is 0 Å². The van der Waals surface area contributed by atoms with E-state index in [0.29, 0.717) is 0 Å². The SMILES string of the molecule is c1ccc(-c2ccc(-c3ccc(N(c4ccc(-c5ccc6c(c5)c5ccccc5n6-c5ccccc5)cc4)c4ccc5ccccc5c4)cc3)cc2)cc1. The van der Waals surface area contributed by atoms with E-state index in [1.807, 2.05) is 0 Å². The molecule has 0 fully saturated rings. The Bertz CT molecular complexity index is 2890. The van der Waals surface area contributed by atoms with Gasteiger partial charge in [-0.15, -0.1) is 0 Å². The summed E-state index contributed by atoms with van der Waals surface area (Å²) in [6.45, 7) is 0. The van der Waals surface area contributed by atoms with Crippen LogP contribution in [0, 0.1) is 0 Å². The second-order valence-electron chi connectivity index (χ2n) is 13.8. The maximum atomic E-state index is 2.37. The molecule has 10 aromatic rings. The van der Waals surface area contributed by atoms with Crippen molar-refractivity contribution in [3.05, 3.63) is 218 Å². The normalized spacial score (nSPS) is 11.3. The minimum absolute atomic E-state index is 1.11. The van der Waals surface area contributed by atoms with Crippen molar-refractivity contribution >= 4 is 49.6 Å². The second kappa shape index (κ2) is 13.4. The van der Waals surface area contributed by atoms with Crippen molar-refractivity contribution in [2.75, 3.05) is 4.90 Å². The zero-order valence-electron chi connectivity index (χ0n) is 29.7. The lowest BCUT2D eigenvalue weighted by molar-refractivity contribution is 1.18. The molecule has 0 aliphatic rings. The van der Waals surface area contributed by atoms with Crippen molar-refractivity contribution in [2.24, 2.45) is 0 Å². The van der Waals surface area contributed by atoms with Crippen LogP contribution in [0.25, 0.3) is 71.6 Å². The van der Waals surface area contributed by atoms with E-state index in [2.05, 4.69) is 228 Å². The molecule has 0 atom stereocenters. The molecule has 0 unspecified atom stereocenters. The fraction of sp³-hybridized carbons (Fsp3) is 0. The largest absolute Gasteiger partial charge is 0.310 e. The van der Waals surface area contributed by atoms with Crippen LogP contribution in [-0.2, 0) is 0 Å². The van der Waals surface area contributed by atoms with Crippen LogP contribution in [0.4, 0.5) is 17.1 Å². The Labute approximate surface area is 315 Å². The number of anilines is 3. The van der Waals surface area contributed by atoms with Crippen LogP contribution in [0.1, 0.15) is 0 Å². The number of rotatable bonds is 7. The standard InChI is InChI=1S/C52H36N2/c1-3-11-37(12-4-1)39-19-21-40(22-20-39)41-23-29-46(30-24-41)53(48-33-27-38-13-7-8-14-43(38)35-48)47-31-25-42(26-32-47)44-28-34-52-50(36-44)49-17-9-10-18-51(49)54(52)45-15-5-2-6-16-45/h1-36H. The van der Waals surface area contributed by atoms with E-state index in [1.54, 1.807) is 0 Å². The first-order valence-electron chi connectivity index (χ1n) is 18.5. The van der Waals surface area contributed by atoms with Crippen molar-refractivity contribution in [1.82, 2.24) is 4.57 Å². The lowest BCUT2D eigenvalue weighted by Gasteiger charge is -2.26. The van der Waals surface area contributed by atoms with Crippen LogP contribution >= 0.6 is 0 Å². The highest BCUT2D eigenvalue weighted by atomic mass is 15.1. The smallest absolute Gasteiger partial charge is 0.0541 e. The Morgan fingerprint density at radius 2 is 0.741 bits per heavy atom. The van der Waals surface area contributed by atoms with E-state index in [9.17, 15) is 0 Å². The molecule has 2 heteroatoms. The third-order valence-corrected chi connectivity index (χ3v) is 10.6. The molecule has 0 saturated heterocycles. The van der Waals surface area contributed by atoms with Crippen molar-refractivity contribution < 1.29 is 0 Å². The third kappa shape index (κ3) is 5.71. The van der Waals surface area contributed by atoms with Gasteiger partial charge in [-0.25, -0.2) is 0 Å². The fourth-order valence-electron chi connectivity index (χ4n) is 7.86. The molecule has 0 bridgehead atoms. The Morgan fingerprint density at radius 1 is 0.278 bits per heavy atom. The number of para-hydroxylation sites is 2.